The molecular weight excluding hydrogens is 1000 g/mol. The van der Waals surface area contributed by atoms with E-state index < -0.39 is 41.8 Å². The first-order valence-electron chi connectivity index (χ1n) is 24.9. The van der Waals surface area contributed by atoms with Crippen molar-refractivity contribution in [2.24, 2.45) is 0 Å². The second kappa shape index (κ2) is 39.2. The third-order valence-corrected chi connectivity index (χ3v) is 9.89. The Bertz CT molecular complexity index is 1930. The molecule has 2 heterocycles. The van der Waals surface area contributed by atoms with E-state index in [1.165, 1.54) is 12.1 Å². The van der Waals surface area contributed by atoms with Gasteiger partial charge in [0.15, 0.2) is 17.5 Å². The molecule has 0 aliphatic heterocycles. The molecule has 2 aromatic heterocycles. The number of hydrogen-bond acceptors (Lipinski definition) is 26. The van der Waals surface area contributed by atoms with Crippen molar-refractivity contribution >= 4 is 59.5 Å². The summed E-state index contributed by atoms with van der Waals surface area (Å²) >= 11 is 0. The molecule has 432 valence electrons. The van der Waals surface area contributed by atoms with Gasteiger partial charge in [-0.1, -0.05) is 0 Å². The summed E-state index contributed by atoms with van der Waals surface area (Å²) in [6.07, 6.45) is -2.34. The highest BCUT2D eigenvalue weighted by Crippen LogP contribution is 2.21. The topological polar surface area (TPSA) is 318 Å². The van der Waals surface area contributed by atoms with Gasteiger partial charge in [0.1, 0.15) is 17.3 Å². The van der Waals surface area contributed by atoms with Crippen molar-refractivity contribution < 1.29 is 80.8 Å². The molecule has 0 saturated carbocycles. The highest BCUT2D eigenvalue weighted by atomic mass is 16.6. The predicted molar refractivity (Wildman–Crippen MR) is 277 cm³/mol. The van der Waals surface area contributed by atoms with E-state index in [1.807, 2.05) is 4.90 Å². The first-order valence-corrected chi connectivity index (χ1v) is 24.9. The predicted octanol–water partition coefficient (Wildman–Crippen LogP) is 2.88. The van der Waals surface area contributed by atoms with Gasteiger partial charge in [-0.2, -0.15) is 19.9 Å². The number of hydrogen-bond donors (Lipinski definition) is 5. The summed E-state index contributed by atoms with van der Waals surface area (Å²) in [5.41, 5.74) is 10.6. The second-order valence-electron chi connectivity index (χ2n) is 16.8. The molecule has 0 aliphatic carbocycles. The van der Waals surface area contributed by atoms with E-state index in [9.17, 15) is 24.0 Å². The third kappa shape index (κ3) is 27.5. The Hall–Kier alpha value is -6.21. The van der Waals surface area contributed by atoms with Crippen LogP contribution in [0, 0.1) is 0 Å². The zero-order valence-corrected chi connectivity index (χ0v) is 45.9. The van der Waals surface area contributed by atoms with Crippen molar-refractivity contribution in [2.75, 3.05) is 187 Å². The Morgan fingerprint density at radius 3 is 1.42 bits per heavy atom. The number of rotatable bonds is 41. The Kier molecular flexibility index (Phi) is 34.0. The van der Waals surface area contributed by atoms with E-state index in [4.69, 9.17) is 66.8 Å². The standard InChI is InChI=1S/C47H82N12O17/c1-11-74-45(63)59(46(64)75-12-2)36(41(61)69-10)15-13-14-16-48-40(60)35-33-37(50-42(49-35)57(17-21-70-29-25-65-6)18-22-71-30-26-66-7)53-54-38-34-39(55-56-44(62)76-47(3,4)5)52-43(51-38)58(19-23-72-31-27-67-8)20-24-73-32-28-68-9/h33-34,36H,11-32H2,1-10H3,(H,48,60)(H,56,62)(H,49,50,53)(H2,51,52,54,55)/t36-/m0/s1. The first-order chi connectivity index (χ1) is 36.6. The number of hydrazine groups is 2. The fraction of sp³-hybridized carbons (Fsp3) is 0.723. The molecule has 4 amide bonds. The van der Waals surface area contributed by atoms with Gasteiger partial charge in [-0.3, -0.25) is 21.1 Å². The van der Waals surface area contributed by atoms with E-state index in [0.717, 1.165) is 7.11 Å². The van der Waals surface area contributed by atoms with E-state index >= 15 is 0 Å². The van der Waals surface area contributed by atoms with Crippen LogP contribution in [0.2, 0.25) is 0 Å². The summed E-state index contributed by atoms with van der Waals surface area (Å²) in [7, 11) is 7.45. The number of anilines is 5. The molecule has 0 aliphatic rings. The second-order valence-corrected chi connectivity index (χ2v) is 16.8. The van der Waals surface area contributed by atoms with Crippen molar-refractivity contribution in [3.8, 4) is 0 Å². The number of carbonyl (C=O) groups is 5. The van der Waals surface area contributed by atoms with Gasteiger partial charge in [-0.15, -0.1) is 0 Å². The average molecular weight is 1090 g/mol. The highest BCUT2D eigenvalue weighted by molar-refractivity contribution is 5.94. The Morgan fingerprint density at radius 2 is 1.00 bits per heavy atom. The number of methoxy groups -OCH3 is 5. The van der Waals surface area contributed by atoms with Crippen LogP contribution in [-0.2, 0) is 61.6 Å². The van der Waals surface area contributed by atoms with Crippen molar-refractivity contribution in [1.82, 2.24) is 35.6 Å². The average Bonchev–Trinajstić information content (AvgIpc) is 3.39. The summed E-state index contributed by atoms with van der Waals surface area (Å²) in [4.78, 5) is 88.3. The number of unbranched alkanes of at least 4 members (excludes halogenated alkanes) is 1. The largest absolute Gasteiger partial charge is 0.467 e. The van der Waals surface area contributed by atoms with Gasteiger partial charge in [0, 0.05) is 73.3 Å². The van der Waals surface area contributed by atoms with Crippen LogP contribution in [0.4, 0.5) is 43.7 Å². The van der Waals surface area contributed by atoms with Crippen LogP contribution < -0.4 is 36.8 Å². The summed E-state index contributed by atoms with van der Waals surface area (Å²) in [6.45, 7) is 13.6. The molecule has 0 unspecified atom stereocenters. The normalized spacial score (nSPS) is 11.5. The third-order valence-electron chi connectivity index (χ3n) is 9.89. The Morgan fingerprint density at radius 1 is 0.566 bits per heavy atom. The molecule has 5 N–H and O–H groups in total. The summed E-state index contributed by atoms with van der Waals surface area (Å²) in [5.74, 6) is -0.580. The fourth-order valence-electron chi connectivity index (χ4n) is 6.27. The van der Waals surface area contributed by atoms with E-state index in [0.29, 0.717) is 90.4 Å². The quantitative estimate of drug-likeness (QED) is 0.0277. The molecule has 0 fully saturated rings. The van der Waals surface area contributed by atoms with Crippen LogP contribution >= 0.6 is 0 Å². The van der Waals surface area contributed by atoms with Gasteiger partial charge >= 0.3 is 24.2 Å². The number of nitrogens with zero attached hydrogens (tertiary/aromatic N) is 7. The molecule has 2 rings (SSSR count). The maximum absolute atomic E-state index is 14.0. The van der Waals surface area contributed by atoms with Crippen LogP contribution in [0.1, 0.15) is 64.4 Å². The lowest BCUT2D eigenvalue weighted by Gasteiger charge is -2.26. The molecule has 1 atom stereocenters. The van der Waals surface area contributed by atoms with Gasteiger partial charge < -0.3 is 72.0 Å². The molecular formula is C47H82N12O17. The first kappa shape index (κ1) is 65.9. The lowest BCUT2D eigenvalue weighted by molar-refractivity contribution is -0.146. The van der Waals surface area contributed by atoms with Crippen molar-refractivity contribution in [3.63, 3.8) is 0 Å². The molecule has 29 heteroatoms. The van der Waals surface area contributed by atoms with Gasteiger partial charge in [-0.05, 0) is 53.9 Å². The highest BCUT2D eigenvalue weighted by Gasteiger charge is 2.37. The lowest BCUT2D eigenvalue weighted by atomic mass is 10.1. The van der Waals surface area contributed by atoms with Gasteiger partial charge in [0.25, 0.3) is 5.91 Å². The van der Waals surface area contributed by atoms with Crippen LogP contribution in [-0.4, -0.2) is 227 Å². The summed E-state index contributed by atoms with van der Waals surface area (Å²) in [6, 6.07) is 1.58. The molecule has 2 aromatic rings. The zero-order valence-electron chi connectivity index (χ0n) is 45.9. The molecule has 29 nitrogen and oxygen atoms in total. The monoisotopic (exact) mass is 1090 g/mol. The summed E-state index contributed by atoms with van der Waals surface area (Å²) < 4.78 is 64.0. The van der Waals surface area contributed by atoms with Crippen molar-refractivity contribution in [1.29, 1.82) is 0 Å². The number of ether oxygens (including phenoxy) is 12. The van der Waals surface area contributed by atoms with Crippen LogP contribution in [0.3, 0.4) is 0 Å². The number of carbonyl (C=O) groups excluding carboxylic acids is 5. The van der Waals surface area contributed by atoms with E-state index in [-0.39, 0.29) is 94.1 Å². The van der Waals surface area contributed by atoms with E-state index in [2.05, 4.69) is 37.0 Å². The number of esters is 1. The molecule has 76 heavy (non-hydrogen) atoms. The summed E-state index contributed by atoms with van der Waals surface area (Å²) in [5, 5.41) is 2.85. The minimum Gasteiger partial charge on any atom is -0.467 e. The minimum absolute atomic E-state index is 0.0213. The SMILES string of the molecule is CCOC(=O)N(C(=O)OCC)[C@@H](CCCCNC(=O)c1cc(NNc2cc(NNC(=O)OC(C)(C)C)nc(N(CCOCCOC)CCOCCOC)n2)nc(N(CCOCCOC)CCOCCOC)n1)C(=O)OC. The molecule has 0 aromatic carbocycles. The van der Waals surface area contributed by atoms with E-state index in [1.54, 1.807) is 68.0 Å². The van der Waals surface area contributed by atoms with Crippen LogP contribution in [0.25, 0.3) is 0 Å². The maximum Gasteiger partial charge on any atom is 0.426 e. The molecule has 0 bridgehead atoms. The van der Waals surface area contributed by atoms with Crippen LogP contribution in [0.15, 0.2) is 12.1 Å². The Balaban J connectivity index is 2.58. The maximum atomic E-state index is 14.0. The number of aromatic nitrogens is 4. The molecule has 0 spiro atoms. The number of nitrogens with one attached hydrogen (secondary N) is 5. The van der Waals surface area contributed by atoms with Gasteiger partial charge in [-0.25, -0.2) is 29.6 Å². The van der Waals surface area contributed by atoms with Crippen LogP contribution in [0.5, 0.6) is 0 Å². The van der Waals surface area contributed by atoms with Gasteiger partial charge in [0.2, 0.25) is 11.9 Å². The zero-order chi connectivity index (χ0) is 56.0. The number of imide groups is 1. The van der Waals surface area contributed by atoms with Crippen molar-refractivity contribution in [3.05, 3.63) is 17.8 Å². The minimum atomic E-state index is -1.35. The fourth-order valence-corrected chi connectivity index (χ4v) is 6.27. The van der Waals surface area contributed by atoms with Crippen molar-refractivity contribution in [2.45, 2.75) is 65.5 Å². The smallest absolute Gasteiger partial charge is 0.426 e. The molecule has 0 radical (unpaired) electrons. The van der Waals surface area contributed by atoms with Gasteiger partial charge in [0.05, 0.1) is 99.6 Å². The molecule has 0 saturated heterocycles. The Labute approximate surface area is 445 Å². The number of amides is 4. The lowest BCUT2D eigenvalue weighted by Crippen LogP contribution is -2.49.